The Hall–Kier alpha value is -0.120. The first kappa shape index (κ1) is 14.8. The highest BCUT2D eigenvalue weighted by Gasteiger charge is 2.35. The van der Waals surface area contributed by atoms with Gasteiger partial charge in [0.15, 0.2) is 0 Å². The molecule has 3 heterocycles. The molecular formula is C17H33N3. The van der Waals surface area contributed by atoms with Crippen molar-refractivity contribution in [3.05, 3.63) is 0 Å². The summed E-state index contributed by atoms with van der Waals surface area (Å²) in [7, 11) is 2.33. The van der Waals surface area contributed by atoms with E-state index in [0.29, 0.717) is 0 Å². The van der Waals surface area contributed by atoms with E-state index >= 15 is 0 Å². The number of likely N-dealkylation sites (tertiary alicyclic amines) is 2. The van der Waals surface area contributed by atoms with Crippen molar-refractivity contribution in [2.24, 2.45) is 11.8 Å². The highest BCUT2D eigenvalue weighted by atomic mass is 15.2. The fraction of sp³-hybridized carbons (Fsp3) is 1.00. The smallest absolute Gasteiger partial charge is 0.0197 e. The van der Waals surface area contributed by atoms with Gasteiger partial charge in [0.05, 0.1) is 0 Å². The molecule has 0 saturated carbocycles. The average molecular weight is 279 g/mol. The first-order chi connectivity index (χ1) is 9.76. The van der Waals surface area contributed by atoms with Gasteiger partial charge in [-0.2, -0.15) is 0 Å². The van der Waals surface area contributed by atoms with Crippen molar-refractivity contribution in [1.82, 2.24) is 15.1 Å². The third-order valence-corrected chi connectivity index (χ3v) is 6.09. The molecule has 3 heteroatoms. The zero-order chi connectivity index (χ0) is 13.9. The molecule has 0 spiro atoms. The molecule has 3 aliphatic rings. The van der Waals surface area contributed by atoms with Crippen molar-refractivity contribution in [3.8, 4) is 0 Å². The predicted octanol–water partition coefficient (Wildman–Crippen LogP) is 2.18. The second kappa shape index (κ2) is 6.76. The van der Waals surface area contributed by atoms with Crippen LogP contribution in [-0.4, -0.2) is 61.7 Å². The number of piperidine rings is 3. The van der Waals surface area contributed by atoms with Gasteiger partial charge in [-0.15, -0.1) is 0 Å². The van der Waals surface area contributed by atoms with Gasteiger partial charge in [-0.05, 0) is 70.6 Å². The molecule has 3 fully saturated rings. The van der Waals surface area contributed by atoms with Gasteiger partial charge in [0.2, 0.25) is 0 Å². The summed E-state index contributed by atoms with van der Waals surface area (Å²) in [4.78, 5) is 5.38. The monoisotopic (exact) mass is 279 g/mol. The first-order valence-corrected chi connectivity index (χ1v) is 8.92. The maximum Gasteiger partial charge on any atom is 0.0197 e. The summed E-state index contributed by atoms with van der Waals surface area (Å²) in [5.41, 5.74) is 0. The third kappa shape index (κ3) is 3.37. The minimum atomic E-state index is 0.756. The number of hydrogen-bond donors (Lipinski definition) is 1. The molecule has 3 aliphatic heterocycles. The molecule has 0 aromatic heterocycles. The van der Waals surface area contributed by atoms with E-state index in [4.69, 9.17) is 0 Å². The van der Waals surface area contributed by atoms with E-state index in [2.05, 4.69) is 29.1 Å². The number of fused-ring (bicyclic) bond motifs is 1. The van der Waals surface area contributed by atoms with Crippen molar-refractivity contribution in [1.29, 1.82) is 0 Å². The van der Waals surface area contributed by atoms with Crippen LogP contribution in [0.3, 0.4) is 0 Å². The van der Waals surface area contributed by atoms with Gasteiger partial charge in [-0.25, -0.2) is 0 Å². The second-order valence-electron chi connectivity index (χ2n) is 7.45. The fourth-order valence-corrected chi connectivity index (χ4v) is 4.81. The maximum absolute atomic E-state index is 3.76. The molecule has 3 nitrogen and oxygen atoms in total. The topological polar surface area (TPSA) is 18.5 Å². The van der Waals surface area contributed by atoms with Crippen LogP contribution in [0.1, 0.15) is 45.4 Å². The molecular weight excluding hydrogens is 246 g/mol. The van der Waals surface area contributed by atoms with Crippen molar-refractivity contribution < 1.29 is 0 Å². The van der Waals surface area contributed by atoms with E-state index in [0.717, 1.165) is 23.9 Å². The molecule has 0 aliphatic carbocycles. The highest BCUT2D eigenvalue weighted by molar-refractivity contribution is 4.91. The number of nitrogens with zero attached hydrogens (tertiary/aromatic N) is 2. The van der Waals surface area contributed by atoms with E-state index in [1.165, 1.54) is 71.2 Å². The predicted molar refractivity (Wildman–Crippen MR) is 85.0 cm³/mol. The first-order valence-electron chi connectivity index (χ1n) is 8.92. The summed E-state index contributed by atoms with van der Waals surface area (Å²) in [6, 6.07) is 1.63. The molecule has 20 heavy (non-hydrogen) atoms. The summed E-state index contributed by atoms with van der Waals surface area (Å²) in [6.45, 7) is 8.89. The van der Waals surface area contributed by atoms with Crippen LogP contribution in [0.2, 0.25) is 0 Å². The van der Waals surface area contributed by atoms with E-state index in [9.17, 15) is 0 Å². The second-order valence-corrected chi connectivity index (χ2v) is 7.45. The highest BCUT2D eigenvalue weighted by Crippen LogP contribution is 2.30. The molecule has 3 saturated heterocycles. The van der Waals surface area contributed by atoms with Gasteiger partial charge in [-0.1, -0.05) is 13.3 Å². The molecule has 0 aromatic rings. The van der Waals surface area contributed by atoms with Crippen LogP contribution in [0, 0.1) is 11.8 Å². The molecule has 4 atom stereocenters. The van der Waals surface area contributed by atoms with Gasteiger partial charge in [0, 0.05) is 25.2 Å². The van der Waals surface area contributed by atoms with Crippen molar-refractivity contribution >= 4 is 0 Å². The van der Waals surface area contributed by atoms with Crippen LogP contribution in [0.5, 0.6) is 0 Å². The fourth-order valence-electron chi connectivity index (χ4n) is 4.81. The van der Waals surface area contributed by atoms with E-state index in [-0.39, 0.29) is 0 Å². The minimum Gasteiger partial charge on any atom is -0.313 e. The van der Waals surface area contributed by atoms with Gasteiger partial charge in [0.1, 0.15) is 0 Å². The Balaban J connectivity index is 1.49. The lowest BCUT2D eigenvalue weighted by molar-refractivity contribution is 0.0323. The van der Waals surface area contributed by atoms with Crippen LogP contribution in [-0.2, 0) is 0 Å². The summed E-state index contributed by atoms with van der Waals surface area (Å²) in [6.07, 6.45) is 8.43. The van der Waals surface area contributed by atoms with Crippen molar-refractivity contribution in [3.63, 3.8) is 0 Å². The van der Waals surface area contributed by atoms with E-state index in [1.807, 2.05) is 0 Å². The molecule has 0 radical (unpaired) electrons. The van der Waals surface area contributed by atoms with Gasteiger partial charge >= 0.3 is 0 Å². The lowest BCUT2D eigenvalue weighted by Gasteiger charge is -2.47. The number of hydrogen-bond acceptors (Lipinski definition) is 3. The Morgan fingerprint density at radius 3 is 2.90 bits per heavy atom. The molecule has 0 bridgehead atoms. The SMILES string of the molecule is CCC1CCNC(CN2CCC3C(CCCN3C)C2)C1. The van der Waals surface area contributed by atoms with Crippen LogP contribution in [0.4, 0.5) is 0 Å². The van der Waals surface area contributed by atoms with Gasteiger partial charge in [0.25, 0.3) is 0 Å². The summed E-state index contributed by atoms with van der Waals surface area (Å²) >= 11 is 0. The van der Waals surface area contributed by atoms with Crippen LogP contribution in [0.15, 0.2) is 0 Å². The summed E-state index contributed by atoms with van der Waals surface area (Å²) < 4.78 is 0. The van der Waals surface area contributed by atoms with Gasteiger partial charge in [-0.3, -0.25) is 0 Å². The van der Waals surface area contributed by atoms with Crippen molar-refractivity contribution in [2.75, 3.05) is 39.8 Å². The van der Waals surface area contributed by atoms with E-state index < -0.39 is 0 Å². The Morgan fingerprint density at radius 1 is 1.15 bits per heavy atom. The van der Waals surface area contributed by atoms with Crippen LogP contribution in [0.25, 0.3) is 0 Å². The molecule has 0 aromatic carbocycles. The van der Waals surface area contributed by atoms with E-state index in [1.54, 1.807) is 0 Å². The quantitative estimate of drug-likeness (QED) is 0.854. The van der Waals surface area contributed by atoms with Crippen LogP contribution < -0.4 is 5.32 Å². The molecule has 0 amide bonds. The maximum atomic E-state index is 3.76. The standard InChI is InChI=1S/C17H33N3/c1-3-14-6-8-18-16(11-14)13-20-10-7-17-15(12-20)5-4-9-19(17)2/h14-18H,3-13H2,1-2H3. The lowest BCUT2D eigenvalue weighted by Crippen LogP contribution is -2.55. The molecule has 116 valence electrons. The molecule has 3 rings (SSSR count). The van der Waals surface area contributed by atoms with Crippen molar-refractivity contribution in [2.45, 2.75) is 57.5 Å². The Morgan fingerprint density at radius 2 is 2.05 bits per heavy atom. The Kier molecular flexibility index (Phi) is 5.00. The number of nitrogens with one attached hydrogen (secondary N) is 1. The average Bonchev–Trinajstić information content (AvgIpc) is 2.47. The lowest BCUT2D eigenvalue weighted by atomic mass is 9.83. The third-order valence-electron chi connectivity index (χ3n) is 6.09. The zero-order valence-corrected chi connectivity index (χ0v) is 13.5. The zero-order valence-electron chi connectivity index (χ0n) is 13.5. The normalized spacial score (nSPS) is 40.5. The van der Waals surface area contributed by atoms with Gasteiger partial charge < -0.3 is 15.1 Å². The minimum absolute atomic E-state index is 0.756. The summed E-state index contributed by atoms with van der Waals surface area (Å²) in [5, 5.41) is 3.76. The van der Waals surface area contributed by atoms with Crippen LogP contribution >= 0.6 is 0 Å². The molecule has 1 N–H and O–H groups in total. The Labute approximate surface area is 125 Å². The number of rotatable bonds is 3. The molecule has 4 unspecified atom stereocenters. The Bertz CT molecular complexity index is 307. The largest absolute Gasteiger partial charge is 0.313 e. The summed E-state index contributed by atoms with van der Waals surface area (Å²) in [5.74, 6) is 1.91.